The van der Waals surface area contributed by atoms with Crippen LogP contribution in [0.15, 0.2) is 24.3 Å². The van der Waals surface area contributed by atoms with Crippen LogP contribution < -0.4 is 5.32 Å². The molecule has 4 nitrogen and oxygen atoms in total. The van der Waals surface area contributed by atoms with E-state index in [0.29, 0.717) is 19.5 Å². The molecule has 1 heterocycles. The molecular formula is C18H28Cl2F3N3O. The van der Waals surface area contributed by atoms with E-state index in [1.54, 1.807) is 0 Å². The third kappa shape index (κ3) is 8.68. The highest BCUT2D eigenvalue weighted by molar-refractivity contribution is 5.85. The Balaban J connectivity index is 0.00000338. The van der Waals surface area contributed by atoms with Crippen LogP contribution in [0.5, 0.6) is 0 Å². The summed E-state index contributed by atoms with van der Waals surface area (Å²) in [5, 5.41) is 3.04. The molecular weight excluding hydrogens is 402 g/mol. The second-order valence-corrected chi connectivity index (χ2v) is 6.41. The van der Waals surface area contributed by atoms with Crippen LogP contribution >= 0.6 is 24.8 Å². The fourth-order valence-corrected chi connectivity index (χ4v) is 3.01. The number of rotatable bonds is 6. The number of nitrogens with zero attached hydrogens (tertiary/aromatic N) is 2. The highest BCUT2D eigenvalue weighted by Gasteiger charge is 2.30. The summed E-state index contributed by atoms with van der Waals surface area (Å²) >= 11 is 0. The standard InChI is InChI=1S/C18H26F3N3O.2ClH/c1-22-9-2-4-17(25)24-11-3-10-23(12-13-24)14-15-5-7-16(8-6-15)18(19,20)21;;/h5-8,22H,2-4,9-14H2,1H3;2*1H. The lowest BCUT2D eigenvalue weighted by atomic mass is 10.1. The van der Waals surface area contributed by atoms with Crippen molar-refractivity contribution >= 4 is 30.7 Å². The van der Waals surface area contributed by atoms with E-state index < -0.39 is 11.7 Å². The van der Waals surface area contributed by atoms with E-state index in [0.717, 1.165) is 56.7 Å². The maximum absolute atomic E-state index is 12.6. The summed E-state index contributed by atoms with van der Waals surface area (Å²) in [6.45, 7) is 4.47. The molecule has 0 bridgehead atoms. The third-order valence-corrected chi connectivity index (χ3v) is 4.45. The van der Waals surface area contributed by atoms with Gasteiger partial charge in [-0.2, -0.15) is 13.2 Å². The molecule has 0 radical (unpaired) electrons. The molecule has 156 valence electrons. The molecule has 1 aliphatic heterocycles. The Labute approximate surface area is 171 Å². The van der Waals surface area contributed by atoms with Crippen molar-refractivity contribution in [3.8, 4) is 0 Å². The molecule has 9 heteroatoms. The van der Waals surface area contributed by atoms with Crippen LogP contribution in [0.1, 0.15) is 30.4 Å². The number of nitrogens with one attached hydrogen (secondary N) is 1. The topological polar surface area (TPSA) is 35.6 Å². The summed E-state index contributed by atoms with van der Waals surface area (Å²) in [5.41, 5.74) is 0.243. The summed E-state index contributed by atoms with van der Waals surface area (Å²) in [6.07, 6.45) is -2.02. The number of hydrogen-bond donors (Lipinski definition) is 1. The van der Waals surface area contributed by atoms with Crippen LogP contribution in [0.25, 0.3) is 0 Å². The molecule has 0 atom stereocenters. The highest BCUT2D eigenvalue weighted by atomic mass is 35.5. The number of amides is 1. The summed E-state index contributed by atoms with van der Waals surface area (Å²) in [4.78, 5) is 16.3. The average Bonchev–Trinajstić information content (AvgIpc) is 2.80. The van der Waals surface area contributed by atoms with Crippen LogP contribution in [0.2, 0.25) is 0 Å². The van der Waals surface area contributed by atoms with Gasteiger partial charge in [-0.25, -0.2) is 0 Å². The molecule has 1 aliphatic rings. The first-order chi connectivity index (χ1) is 11.9. The van der Waals surface area contributed by atoms with Crippen molar-refractivity contribution in [1.29, 1.82) is 0 Å². The predicted molar refractivity (Wildman–Crippen MR) is 106 cm³/mol. The fraction of sp³-hybridized carbons (Fsp3) is 0.611. The maximum Gasteiger partial charge on any atom is 0.416 e. The molecule has 27 heavy (non-hydrogen) atoms. The smallest absolute Gasteiger partial charge is 0.341 e. The third-order valence-electron chi connectivity index (χ3n) is 4.45. The monoisotopic (exact) mass is 429 g/mol. The Hall–Kier alpha value is -1.02. The quantitative estimate of drug-likeness (QED) is 0.701. The molecule has 0 aromatic heterocycles. The van der Waals surface area contributed by atoms with Gasteiger partial charge in [-0.1, -0.05) is 12.1 Å². The van der Waals surface area contributed by atoms with Gasteiger partial charge in [0.25, 0.3) is 0 Å². The SMILES string of the molecule is CNCCCC(=O)N1CCCN(Cc2ccc(C(F)(F)F)cc2)CC1.Cl.Cl. The fourth-order valence-electron chi connectivity index (χ4n) is 3.01. The molecule has 0 saturated carbocycles. The Kier molecular flexibility index (Phi) is 12.0. The van der Waals surface area contributed by atoms with Crippen LogP contribution in [0.3, 0.4) is 0 Å². The lowest BCUT2D eigenvalue weighted by Gasteiger charge is -2.22. The summed E-state index contributed by atoms with van der Waals surface area (Å²) < 4.78 is 37.8. The number of halogens is 5. The van der Waals surface area contributed by atoms with Crippen molar-refractivity contribution in [2.75, 3.05) is 39.8 Å². The molecule has 1 aromatic rings. The van der Waals surface area contributed by atoms with Crippen molar-refractivity contribution in [3.63, 3.8) is 0 Å². The van der Waals surface area contributed by atoms with E-state index in [1.165, 1.54) is 12.1 Å². The Morgan fingerprint density at radius 3 is 2.33 bits per heavy atom. The van der Waals surface area contributed by atoms with Crippen LogP contribution in [-0.2, 0) is 17.5 Å². The van der Waals surface area contributed by atoms with Gasteiger partial charge >= 0.3 is 6.18 Å². The van der Waals surface area contributed by atoms with Crippen LogP contribution in [-0.4, -0.2) is 55.5 Å². The Bertz CT molecular complexity index is 556. The van der Waals surface area contributed by atoms with E-state index >= 15 is 0 Å². The Morgan fingerprint density at radius 1 is 1.07 bits per heavy atom. The first-order valence-electron chi connectivity index (χ1n) is 8.71. The molecule has 1 N–H and O–H groups in total. The second-order valence-electron chi connectivity index (χ2n) is 6.41. The largest absolute Gasteiger partial charge is 0.416 e. The van der Waals surface area contributed by atoms with Gasteiger partial charge in [0.1, 0.15) is 0 Å². The highest BCUT2D eigenvalue weighted by Crippen LogP contribution is 2.29. The lowest BCUT2D eigenvalue weighted by molar-refractivity contribution is -0.137. The number of carbonyl (C=O) groups excluding carboxylic acids is 1. The lowest BCUT2D eigenvalue weighted by Crippen LogP contribution is -2.35. The predicted octanol–water partition coefficient (Wildman–Crippen LogP) is 3.58. The molecule has 0 aliphatic carbocycles. The van der Waals surface area contributed by atoms with Gasteiger partial charge in [0.15, 0.2) is 0 Å². The van der Waals surface area contributed by atoms with Gasteiger partial charge in [-0.05, 0) is 44.1 Å². The molecule has 1 fully saturated rings. The Morgan fingerprint density at radius 2 is 1.74 bits per heavy atom. The molecule has 1 aromatic carbocycles. The maximum atomic E-state index is 12.6. The van der Waals surface area contributed by atoms with Gasteiger partial charge in [0.05, 0.1) is 5.56 Å². The molecule has 1 saturated heterocycles. The average molecular weight is 430 g/mol. The number of carbonyl (C=O) groups is 1. The van der Waals surface area contributed by atoms with Crippen molar-refractivity contribution in [2.24, 2.45) is 0 Å². The molecule has 1 amide bonds. The first kappa shape index (κ1) is 26.0. The summed E-state index contributed by atoms with van der Waals surface area (Å²) in [5.74, 6) is 0.187. The van der Waals surface area contributed by atoms with Crippen molar-refractivity contribution in [3.05, 3.63) is 35.4 Å². The van der Waals surface area contributed by atoms with E-state index in [1.807, 2.05) is 11.9 Å². The molecule has 0 spiro atoms. The minimum atomic E-state index is -4.30. The van der Waals surface area contributed by atoms with E-state index in [-0.39, 0.29) is 30.7 Å². The van der Waals surface area contributed by atoms with E-state index in [4.69, 9.17) is 0 Å². The van der Waals surface area contributed by atoms with Crippen molar-refractivity contribution in [2.45, 2.75) is 32.0 Å². The number of alkyl halides is 3. The van der Waals surface area contributed by atoms with Crippen molar-refractivity contribution in [1.82, 2.24) is 15.1 Å². The van der Waals surface area contributed by atoms with E-state index in [2.05, 4.69) is 10.2 Å². The van der Waals surface area contributed by atoms with Gasteiger partial charge in [-0.3, -0.25) is 9.69 Å². The minimum Gasteiger partial charge on any atom is -0.341 e. The minimum absolute atomic E-state index is 0. The summed E-state index contributed by atoms with van der Waals surface area (Å²) in [6, 6.07) is 5.33. The van der Waals surface area contributed by atoms with Gasteiger partial charge in [-0.15, -0.1) is 24.8 Å². The second kappa shape index (κ2) is 12.4. The van der Waals surface area contributed by atoms with Crippen LogP contribution in [0.4, 0.5) is 13.2 Å². The molecule has 0 unspecified atom stereocenters. The number of hydrogen-bond acceptors (Lipinski definition) is 3. The zero-order chi connectivity index (χ0) is 18.3. The van der Waals surface area contributed by atoms with Crippen molar-refractivity contribution < 1.29 is 18.0 Å². The van der Waals surface area contributed by atoms with Gasteiger partial charge < -0.3 is 10.2 Å². The molecule has 2 rings (SSSR count). The van der Waals surface area contributed by atoms with Gasteiger partial charge in [0.2, 0.25) is 5.91 Å². The van der Waals surface area contributed by atoms with E-state index in [9.17, 15) is 18.0 Å². The summed E-state index contributed by atoms with van der Waals surface area (Å²) in [7, 11) is 1.87. The zero-order valence-corrected chi connectivity index (χ0v) is 17.1. The first-order valence-corrected chi connectivity index (χ1v) is 8.71. The zero-order valence-electron chi connectivity index (χ0n) is 15.4. The number of benzene rings is 1. The normalized spacial score (nSPS) is 15.5. The van der Waals surface area contributed by atoms with Gasteiger partial charge in [0, 0.05) is 39.1 Å². The van der Waals surface area contributed by atoms with Crippen LogP contribution in [0, 0.1) is 0 Å².